The van der Waals surface area contributed by atoms with Crippen molar-refractivity contribution in [2.75, 3.05) is 19.8 Å². The number of H-pyrrole nitrogens is 1. The van der Waals surface area contributed by atoms with E-state index in [2.05, 4.69) is 16.3 Å². The molecule has 0 bridgehead atoms. The van der Waals surface area contributed by atoms with Crippen LogP contribution in [0.5, 0.6) is 0 Å². The molecule has 0 unspecified atom stereocenters. The Kier molecular flexibility index (Phi) is 5.19. The minimum Gasteiger partial charge on any atom is -0.381 e. The lowest BCUT2D eigenvalue weighted by molar-refractivity contribution is 0.0290. The molecule has 1 aliphatic rings. The Morgan fingerprint density at radius 3 is 2.83 bits per heavy atom. The van der Waals surface area contributed by atoms with Crippen LogP contribution in [0.1, 0.15) is 28.2 Å². The first-order valence-electron chi connectivity index (χ1n) is 7.71. The van der Waals surface area contributed by atoms with E-state index in [9.17, 15) is 9.59 Å². The number of rotatable bonds is 5. The zero-order valence-electron chi connectivity index (χ0n) is 12.7. The van der Waals surface area contributed by atoms with Crippen molar-refractivity contribution in [3.8, 4) is 0 Å². The van der Waals surface area contributed by atoms with Gasteiger partial charge in [0, 0.05) is 36.7 Å². The van der Waals surface area contributed by atoms with Crippen molar-refractivity contribution in [1.29, 1.82) is 0 Å². The predicted octanol–water partition coefficient (Wildman–Crippen LogP) is 1.70. The average Bonchev–Trinajstić information content (AvgIpc) is 3.10. The predicted molar refractivity (Wildman–Crippen MR) is 87.8 cm³/mol. The molecule has 1 amide bonds. The third-order valence-corrected chi connectivity index (χ3v) is 4.91. The highest BCUT2D eigenvalue weighted by atomic mass is 32.1. The van der Waals surface area contributed by atoms with Gasteiger partial charge in [0.1, 0.15) is 5.69 Å². The molecule has 2 aromatic rings. The second kappa shape index (κ2) is 7.52. The molecule has 0 radical (unpaired) electrons. The Balaban J connectivity index is 1.76. The maximum atomic E-state index is 12.8. The zero-order valence-corrected chi connectivity index (χ0v) is 13.6. The van der Waals surface area contributed by atoms with Crippen molar-refractivity contribution < 1.29 is 9.53 Å². The van der Waals surface area contributed by atoms with E-state index >= 15 is 0 Å². The van der Waals surface area contributed by atoms with E-state index < -0.39 is 0 Å². The lowest BCUT2D eigenvalue weighted by Gasteiger charge is -2.34. The summed E-state index contributed by atoms with van der Waals surface area (Å²) in [7, 11) is 0. The number of thiophene rings is 1. The summed E-state index contributed by atoms with van der Waals surface area (Å²) in [6.07, 6.45) is 2.49. The Morgan fingerprint density at radius 2 is 2.17 bits per heavy atom. The molecule has 0 spiro atoms. The van der Waals surface area contributed by atoms with Gasteiger partial charge >= 0.3 is 0 Å². The van der Waals surface area contributed by atoms with E-state index in [0.29, 0.717) is 19.8 Å². The minimum atomic E-state index is -0.308. The van der Waals surface area contributed by atoms with Gasteiger partial charge in [0.05, 0.1) is 0 Å². The van der Waals surface area contributed by atoms with Gasteiger partial charge in [-0.2, -0.15) is 5.10 Å². The van der Waals surface area contributed by atoms with Crippen molar-refractivity contribution in [2.24, 2.45) is 0 Å². The van der Waals surface area contributed by atoms with Gasteiger partial charge < -0.3 is 9.64 Å². The van der Waals surface area contributed by atoms with Gasteiger partial charge in [-0.1, -0.05) is 6.07 Å². The summed E-state index contributed by atoms with van der Waals surface area (Å²) in [4.78, 5) is 27.1. The standard InChI is InChI=1S/C16H19N3O3S/c20-15-4-3-14(17-18-15)16(21)19(12-6-9-22-10-7-12)8-5-13-2-1-11-23-13/h1-4,11-12H,5-10H2,(H,18,20). The van der Waals surface area contributed by atoms with Crippen LogP contribution in [0.15, 0.2) is 34.4 Å². The number of nitrogens with zero attached hydrogens (tertiary/aromatic N) is 2. The average molecular weight is 333 g/mol. The normalized spacial score (nSPS) is 15.5. The van der Waals surface area contributed by atoms with Crippen molar-refractivity contribution in [1.82, 2.24) is 15.1 Å². The minimum absolute atomic E-state index is 0.135. The lowest BCUT2D eigenvalue weighted by Crippen LogP contribution is -2.45. The Morgan fingerprint density at radius 1 is 1.35 bits per heavy atom. The summed E-state index contributed by atoms with van der Waals surface area (Å²) in [5.74, 6) is -0.135. The van der Waals surface area contributed by atoms with Crippen molar-refractivity contribution in [3.05, 3.63) is 50.6 Å². The fourth-order valence-corrected chi connectivity index (χ4v) is 3.44. The van der Waals surface area contributed by atoms with E-state index in [-0.39, 0.29) is 23.2 Å². The van der Waals surface area contributed by atoms with Crippen LogP contribution in [0.3, 0.4) is 0 Å². The molecule has 1 fully saturated rings. The highest BCUT2D eigenvalue weighted by Gasteiger charge is 2.27. The zero-order chi connectivity index (χ0) is 16.1. The van der Waals surface area contributed by atoms with Gasteiger partial charge in [0.15, 0.2) is 0 Å². The van der Waals surface area contributed by atoms with E-state index in [1.54, 1.807) is 11.3 Å². The number of aromatic amines is 1. The first-order chi connectivity index (χ1) is 11.2. The quantitative estimate of drug-likeness (QED) is 0.903. The van der Waals surface area contributed by atoms with Gasteiger partial charge in [-0.25, -0.2) is 5.10 Å². The SMILES string of the molecule is O=C(c1ccc(=O)[nH]n1)N(CCc1cccs1)C1CCOCC1. The van der Waals surface area contributed by atoms with Crippen LogP contribution in [0.25, 0.3) is 0 Å². The molecule has 3 rings (SSSR count). The van der Waals surface area contributed by atoms with E-state index in [0.717, 1.165) is 19.3 Å². The number of amides is 1. The number of aromatic nitrogens is 2. The number of carbonyl (C=O) groups is 1. The third kappa shape index (κ3) is 4.05. The molecule has 1 aliphatic heterocycles. The number of ether oxygens (including phenoxy) is 1. The first-order valence-corrected chi connectivity index (χ1v) is 8.59. The summed E-state index contributed by atoms with van der Waals surface area (Å²) in [6, 6.07) is 7.07. The van der Waals surface area contributed by atoms with Crippen LogP contribution < -0.4 is 5.56 Å². The van der Waals surface area contributed by atoms with Gasteiger partial charge in [-0.3, -0.25) is 9.59 Å². The highest BCUT2D eigenvalue weighted by molar-refractivity contribution is 7.09. The lowest BCUT2D eigenvalue weighted by atomic mass is 10.1. The molecule has 3 heterocycles. The first kappa shape index (κ1) is 15.9. The van der Waals surface area contributed by atoms with E-state index in [4.69, 9.17) is 4.74 Å². The molecule has 0 atom stereocenters. The molecule has 6 nitrogen and oxygen atoms in total. The van der Waals surface area contributed by atoms with Crippen LogP contribution in [0.4, 0.5) is 0 Å². The van der Waals surface area contributed by atoms with Crippen molar-refractivity contribution >= 4 is 17.2 Å². The molecule has 0 aromatic carbocycles. The molecular weight excluding hydrogens is 314 g/mol. The van der Waals surface area contributed by atoms with Crippen LogP contribution in [0, 0.1) is 0 Å². The Hall–Kier alpha value is -1.99. The monoisotopic (exact) mass is 333 g/mol. The summed E-state index contributed by atoms with van der Waals surface area (Å²) in [5, 5.41) is 8.26. The second-order valence-corrected chi connectivity index (χ2v) is 6.51. The van der Waals surface area contributed by atoms with Gasteiger partial charge in [0.2, 0.25) is 0 Å². The van der Waals surface area contributed by atoms with Crippen molar-refractivity contribution in [2.45, 2.75) is 25.3 Å². The number of hydrogen-bond acceptors (Lipinski definition) is 5. The molecule has 0 saturated carbocycles. The fourth-order valence-electron chi connectivity index (χ4n) is 2.74. The van der Waals surface area contributed by atoms with Crippen LogP contribution in [-0.4, -0.2) is 46.8 Å². The van der Waals surface area contributed by atoms with Gasteiger partial charge in [-0.05, 0) is 36.8 Å². The fraction of sp³-hybridized carbons (Fsp3) is 0.438. The topological polar surface area (TPSA) is 75.3 Å². The molecule has 0 aliphatic carbocycles. The molecule has 2 aromatic heterocycles. The second-order valence-electron chi connectivity index (χ2n) is 5.48. The summed E-state index contributed by atoms with van der Waals surface area (Å²) < 4.78 is 5.40. The smallest absolute Gasteiger partial charge is 0.274 e. The number of hydrogen-bond donors (Lipinski definition) is 1. The Bertz CT molecular complexity index is 672. The largest absolute Gasteiger partial charge is 0.381 e. The summed E-state index contributed by atoms with van der Waals surface area (Å²) >= 11 is 1.70. The van der Waals surface area contributed by atoms with Gasteiger partial charge in [0.25, 0.3) is 11.5 Å². The molecule has 1 saturated heterocycles. The molecule has 23 heavy (non-hydrogen) atoms. The molecule has 7 heteroatoms. The maximum Gasteiger partial charge on any atom is 0.274 e. The van der Waals surface area contributed by atoms with E-state index in [1.807, 2.05) is 16.3 Å². The van der Waals surface area contributed by atoms with Crippen LogP contribution >= 0.6 is 11.3 Å². The number of carbonyl (C=O) groups excluding carboxylic acids is 1. The van der Waals surface area contributed by atoms with E-state index in [1.165, 1.54) is 17.0 Å². The van der Waals surface area contributed by atoms with Crippen molar-refractivity contribution in [3.63, 3.8) is 0 Å². The number of nitrogens with one attached hydrogen (secondary N) is 1. The third-order valence-electron chi connectivity index (χ3n) is 3.97. The summed E-state index contributed by atoms with van der Waals surface area (Å²) in [5.41, 5.74) is -0.0278. The molecule has 122 valence electrons. The molecular formula is C16H19N3O3S. The summed E-state index contributed by atoms with van der Waals surface area (Å²) in [6.45, 7) is 1.99. The van der Waals surface area contributed by atoms with Gasteiger partial charge in [-0.15, -0.1) is 11.3 Å². The van der Waals surface area contributed by atoms with Crippen LogP contribution in [0.2, 0.25) is 0 Å². The highest BCUT2D eigenvalue weighted by Crippen LogP contribution is 2.18. The Labute approximate surface area is 138 Å². The maximum absolute atomic E-state index is 12.8. The molecule has 1 N–H and O–H groups in total. The van der Waals surface area contributed by atoms with Crippen LogP contribution in [-0.2, 0) is 11.2 Å².